The van der Waals surface area contributed by atoms with Crippen LogP contribution in [0.3, 0.4) is 0 Å². The highest BCUT2D eigenvalue weighted by Gasteiger charge is 2.12. The van der Waals surface area contributed by atoms with E-state index < -0.39 is 0 Å². The SMILES string of the molecule is COc1ccc(NCCC(=O)Nc2cnn(CC(=O)N(C)CCOc3ccc(C)cc3)c2)c(C)n1. The Morgan fingerprint density at radius 3 is 2.60 bits per heavy atom. The maximum absolute atomic E-state index is 12.5. The van der Waals surface area contributed by atoms with Crippen LogP contribution in [-0.2, 0) is 16.1 Å². The largest absolute Gasteiger partial charge is 0.492 e. The average Bonchev–Trinajstić information content (AvgIpc) is 3.27. The number of hydrogen-bond acceptors (Lipinski definition) is 7. The van der Waals surface area contributed by atoms with Crippen LogP contribution in [0.1, 0.15) is 17.7 Å². The molecule has 0 aliphatic heterocycles. The fourth-order valence-electron chi connectivity index (χ4n) is 3.21. The Morgan fingerprint density at radius 2 is 1.89 bits per heavy atom. The first kappa shape index (κ1) is 25.5. The molecule has 0 aliphatic carbocycles. The lowest BCUT2D eigenvalue weighted by Gasteiger charge is -2.17. The van der Waals surface area contributed by atoms with Crippen LogP contribution in [0, 0.1) is 13.8 Å². The van der Waals surface area contributed by atoms with Crippen molar-refractivity contribution in [3.05, 3.63) is 60.0 Å². The van der Waals surface area contributed by atoms with Crippen LogP contribution in [0.2, 0.25) is 0 Å². The van der Waals surface area contributed by atoms with Gasteiger partial charge in [0.25, 0.3) is 0 Å². The van der Waals surface area contributed by atoms with Crippen LogP contribution in [-0.4, -0.2) is 65.3 Å². The summed E-state index contributed by atoms with van der Waals surface area (Å²) >= 11 is 0. The molecule has 0 aliphatic rings. The summed E-state index contributed by atoms with van der Waals surface area (Å²) in [5, 5.41) is 10.2. The van der Waals surface area contributed by atoms with Gasteiger partial charge < -0.3 is 25.0 Å². The van der Waals surface area contributed by atoms with Gasteiger partial charge in [0.15, 0.2) is 0 Å². The Balaban J connectivity index is 1.37. The van der Waals surface area contributed by atoms with E-state index in [0.717, 1.165) is 22.7 Å². The summed E-state index contributed by atoms with van der Waals surface area (Å²) in [5.74, 6) is 1.05. The lowest BCUT2D eigenvalue weighted by atomic mass is 10.2. The van der Waals surface area contributed by atoms with E-state index in [0.29, 0.717) is 31.3 Å². The number of nitrogens with one attached hydrogen (secondary N) is 2. The Labute approximate surface area is 205 Å². The van der Waals surface area contributed by atoms with Gasteiger partial charge in [0.1, 0.15) is 18.9 Å². The number of carbonyl (C=O) groups is 2. The van der Waals surface area contributed by atoms with Gasteiger partial charge >= 0.3 is 0 Å². The van der Waals surface area contributed by atoms with Gasteiger partial charge in [-0.15, -0.1) is 0 Å². The molecule has 2 heterocycles. The van der Waals surface area contributed by atoms with Crippen LogP contribution in [0.25, 0.3) is 0 Å². The van der Waals surface area contributed by atoms with Gasteiger partial charge in [0.05, 0.1) is 36.9 Å². The van der Waals surface area contributed by atoms with Gasteiger partial charge in [0, 0.05) is 32.3 Å². The van der Waals surface area contributed by atoms with E-state index in [1.54, 1.807) is 31.3 Å². The Bertz CT molecular complexity index is 1130. The van der Waals surface area contributed by atoms with Crippen molar-refractivity contribution in [3.63, 3.8) is 0 Å². The van der Waals surface area contributed by atoms with Crippen molar-refractivity contribution in [3.8, 4) is 11.6 Å². The zero-order valence-electron chi connectivity index (χ0n) is 20.6. The number of ether oxygens (including phenoxy) is 2. The lowest BCUT2D eigenvalue weighted by Crippen LogP contribution is -2.33. The molecule has 2 N–H and O–H groups in total. The van der Waals surface area contributed by atoms with E-state index in [9.17, 15) is 9.59 Å². The summed E-state index contributed by atoms with van der Waals surface area (Å²) in [5.41, 5.74) is 3.34. The highest BCUT2D eigenvalue weighted by Crippen LogP contribution is 2.17. The molecule has 3 aromatic rings. The zero-order valence-corrected chi connectivity index (χ0v) is 20.6. The smallest absolute Gasteiger partial charge is 0.244 e. The summed E-state index contributed by atoms with van der Waals surface area (Å²) in [6, 6.07) is 11.4. The molecule has 10 nitrogen and oxygen atoms in total. The number of hydrogen-bond donors (Lipinski definition) is 2. The molecule has 10 heteroatoms. The van der Waals surface area contributed by atoms with Gasteiger partial charge in [-0.25, -0.2) is 4.98 Å². The van der Waals surface area contributed by atoms with Gasteiger partial charge in [-0.3, -0.25) is 14.3 Å². The number of methoxy groups -OCH3 is 1. The third-order valence-corrected chi connectivity index (χ3v) is 5.29. The second kappa shape index (κ2) is 12.4. The Kier molecular flexibility index (Phi) is 9.05. The number of likely N-dealkylation sites (N-methyl/N-ethyl adjacent to an activating group) is 1. The average molecular weight is 481 g/mol. The Hall–Kier alpha value is -4.08. The molecule has 0 saturated heterocycles. The predicted octanol–water partition coefficient (Wildman–Crippen LogP) is 2.88. The topological polar surface area (TPSA) is 111 Å². The monoisotopic (exact) mass is 480 g/mol. The molecule has 0 spiro atoms. The molecule has 0 fully saturated rings. The van der Waals surface area contributed by atoms with Crippen molar-refractivity contribution in [2.45, 2.75) is 26.8 Å². The van der Waals surface area contributed by atoms with Crippen molar-refractivity contribution >= 4 is 23.2 Å². The number of anilines is 2. The van der Waals surface area contributed by atoms with Gasteiger partial charge in [0.2, 0.25) is 17.7 Å². The molecule has 2 aromatic heterocycles. The quantitative estimate of drug-likeness (QED) is 0.410. The van der Waals surface area contributed by atoms with E-state index in [1.165, 1.54) is 10.9 Å². The van der Waals surface area contributed by atoms with Gasteiger partial charge in [-0.05, 0) is 32.0 Å². The first-order chi connectivity index (χ1) is 16.8. The van der Waals surface area contributed by atoms with E-state index in [-0.39, 0.29) is 24.8 Å². The van der Waals surface area contributed by atoms with Crippen molar-refractivity contribution in [2.24, 2.45) is 0 Å². The van der Waals surface area contributed by atoms with Crippen LogP contribution in [0.15, 0.2) is 48.8 Å². The van der Waals surface area contributed by atoms with Crippen LogP contribution in [0.4, 0.5) is 11.4 Å². The number of rotatable bonds is 12. The summed E-state index contributed by atoms with van der Waals surface area (Å²) in [7, 11) is 3.29. The third kappa shape index (κ3) is 8.02. The molecule has 2 amide bonds. The van der Waals surface area contributed by atoms with Gasteiger partial charge in [-0.2, -0.15) is 5.10 Å². The van der Waals surface area contributed by atoms with Crippen molar-refractivity contribution in [2.75, 3.05) is 44.5 Å². The molecule has 3 rings (SSSR count). The number of amides is 2. The standard InChI is InChI=1S/C25H32N6O4/c1-18-5-7-21(8-6-18)35-14-13-30(3)25(33)17-31-16-20(15-27-31)29-23(32)11-12-26-22-9-10-24(34-4)28-19(22)2/h5-10,15-16,26H,11-14,17H2,1-4H3,(H,29,32). The molecule has 0 saturated carbocycles. The third-order valence-electron chi connectivity index (χ3n) is 5.29. The van der Waals surface area contributed by atoms with E-state index in [4.69, 9.17) is 9.47 Å². The fourth-order valence-corrected chi connectivity index (χ4v) is 3.21. The van der Waals surface area contributed by atoms with E-state index in [1.807, 2.05) is 44.2 Å². The highest BCUT2D eigenvalue weighted by molar-refractivity contribution is 5.90. The lowest BCUT2D eigenvalue weighted by molar-refractivity contribution is -0.131. The number of benzene rings is 1. The molecule has 186 valence electrons. The van der Waals surface area contributed by atoms with Crippen LogP contribution < -0.4 is 20.1 Å². The highest BCUT2D eigenvalue weighted by atomic mass is 16.5. The second-order valence-corrected chi connectivity index (χ2v) is 8.11. The van der Waals surface area contributed by atoms with Crippen LogP contribution in [0.5, 0.6) is 11.6 Å². The second-order valence-electron chi connectivity index (χ2n) is 8.11. The van der Waals surface area contributed by atoms with Crippen molar-refractivity contribution in [1.29, 1.82) is 0 Å². The van der Waals surface area contributed by atoms with E-state index in [2.05, 4.69) is 20.7 Å². The normalized spacial score (nSPS) is 10.5. The maximum atomic E-state index is 12.5. The zero-order chi connectivity index (χ0) is 25.2. The molecular weight excluding hydrogens is 448 g/mol. The first-order valence-corrected chi connectivity index (χ1v) is 11.4. The van der Waals surface area contributed by atoms with Crippen molar-refractivity contribution in [1.82, 2.24) is 19.7 Å². The summed E-state index contributed by atoms with van der Waals surface area (Å²) in [4.78, 5) is 30.6. The molecule has 0 bridgehead atoms. The predicted molar refractivity (Wildman–Crippen MR) is 134 cm³/mol. The minimum absolute atomic E-state index is 0.0716. The first-order valence-electron chi connectivity index (χ1n) is 11.4. The van der Waals surface area contributed by atoms with Gasteiger partial charge in [-0.1, -0.05) is 17.7 Å². The number of nitrogens with zero attached hydrogens (tertiary/aromatic N) is 4. The molecule has 0 atom stereocenters. The van der Waals surface area contributed by atoms with Crippen molar-refractivity contribution < 1.29 is 19.1 Å². The summed E-state index contributed by atoms with van der Waals surface area (Å²) in [6.45, 7) is 5.25. The summed E-state index contributed by atoms with van der Waals surface area (Å²) < 4.78 is 12.3. The summed E-state index contributed by atoms with van der Waals surface area (Å²) in [6.07, 6.45) is 3.42. The molecule has 0 radical (unpaired) electrons. The number of carbonyl (C=O) groups excluding carboxylic acids is 2. The molecular formula is C25H32N6O4. The fraction of sp³-hybridized carbons (Fsp3) is 0.360. The Morgan fingerprint density at radius 1 is 1.11 bits per heavy atom. The van der Waals surface area contributed by atoms with E-state index >= 15 is 0 Å². The minimum atomic E-state index is -0.159. The number of aryl methyl sites for hydroxylation is 2. The number of pyridine rings is 1. The minimum Gasteiger partial charge on any atom is -0.492 e. The maximum Gasteiger partial charge on any atom is 0.244 e. The van der Waals surface area contributed by atoms with Crippen LogP contribution >= 0.6 is 0 Å². The molecule has 35 heavy (non-hydrogen) atoms. The number of aromatic nitrogens is 3. The molecule has 1 aromatic carbocycles. The molecule has 0 unspecified atom stereocenters.